The van der Waals surface area contributed by atoms with Gasteiger partial charge in [0, 0.05) is 6.54 Å². The molecule has 22 heavy (non-hydrogen) atoms. The van der Waals surface area contributed by atoms with Gasteiger partial charge in [-0.25, -0.2) is 14.8 Å². The van der Waals surface area contributed by atoms with Crippen LogP contribution in [0.1, 0.15) is 43.4 Å². The van der Waals surface area contributed by atoms with E-state index in [4.69, 9.17) is 10.5 Å². The van der Waals surface area contributed by atoms with Gasteiger partial charge in [-0.3, -0.25) is 4.79 Å². The molecule has 1 aromatic heterocycles. The van der Waals surface area contributed by atoms with E-state index in [9.17, 15) is 9.59 Å². The summed E-state index contributed by atoms with van der Waals surface area (Å²) in [4.78, 5) is 32.6. The minimum absolute atomic E-state index is 0.0859. The molecule has 1 aliphatic rings. The predicted octanol–water partition coefficient (Wildman–Crippen LogP) is 1.90. The van der Waals surface area contributed by atoms with Gasteiger partial charge in [-0.1, -0.05) is 6.08 Å². The topological polar surface area (TPSA) is 98.4 Å². The molecule has 0 saturated carbocycles. The highest BCUT2D eigenvalue weighted by atomic mass is 16.6. The Balaban J connectivity index is 2.13. The van der Waals surface area contributed by atoms with Crippen LogP contribution in [0.4, 0.5) is 10.6 Å². The number of nitrogens with zero attached hydrogens (tertiary/aromatic N) is 3. The minimum Gasteiger partial charge on any atom is -0.444 e. The Hall–Kier alpha value is -2.44. The van der Waals surface area contributed by atoms with Crippen molar-refractivity contribution >= 4 is 23.8 Å². The monoisotopic (exact) mass is 304 g/mol. The Morgan fingerprint density at radius 1 is 1.45 bits per heavy atom. The van der Waals surface area contributed by atoms with Crippen molar-refractivity contribution < 1.29 is 14.3 Å². The van der Waals surface area contributed by atoms with Crippen molar-refractivity contribution in [1.82, 2.24) is 14.9 Å². The number of nitrogen functional groups attached to an aromatic ring is 1. The maximum Gasteiger partial charge on any atom is 0.410 e. The first-order valence-corrected chi connectivity index (χ1v) is 7.05. The number of hydrogen-bond acceptors (Lipinski definition) is 6. The quantitative estimate of drug-likeness (QED) is 0.838. The lowest BCUT2D eigenvalue weighted by atomic mass is 10.1. The lowest BCUT2D eigenvalue weighted by molar-refractivity contribution is 0.0273. The molecule has 0 saturated heterocycles. The van der Waals surface area contributed by atoms with Crippen LogP contribution in [0.3, 0.4) is 0 Å². The van der Waals surface area contributed by atoms with Gasteiger partial charge in [0.15, 0.2) is 12.1 Å². The van der Waals surface area contributed by atoms with Gasteiger partial charge >= 0.3 is 6.09 Å². The molecule has 7 nitrogen and oxygen atoms in total. The average molecular weight is 304 g/mol. The molecule has 0 fully saturated rings. The zero-order chi connectivity index (χ0) is 16.3. The van der Waals surface area contributed by atoms with Crippen molar-refractivity contribution in [2.24, 2.45) is 0 Å². The molecule has 1 amide bonds. The number of rotatable bonds is 2. The lowest BCUT2D eigenvalue weighted by Crippen LogP contribution is -2.39. The van der Waals surface area contributed by atoms with Crippen LogP contribution < -0.4 is 5.73 Å². The molecule has 1 aliphatic heterocycles. The molecule has 0 unspecified atom stereocenters. The number of anilines is 1. The summed E-state index contributed by atoms with van der Waals surface area (Å²) in [5.41, 5.74) is 6.67. The fourth-order valence-corrected chi connectivity index (χ4v) is 2.07. The standard InChI is InChI=1S/C15H20N4O3/c1-15(2,3)22-14(21)19-6-4-5-10(8-19)11-7-17-12(9-20)13(16)18-11/h5,7,9H,4,6,8H2,1-3H3,(H2,16,18). The second-order valence-electron chi connectivity index (χ2n) is 6.06. The Morgan fingerprint density at radius 3 is 2.77 bits per heavy atom. The predicted molar refractivity (Wildman–Crippen MR) is 82.2 cm³/mol. The number of aromatic nitrogens is 2. The smallest absolute Gasteiger partial charge is 0.410 e. The molecule has 0 spiro atoms. The second-order valence-corrected chi connectivity index (χ2v) is 6.06. The first kappa shape index (κ1) is 15.9. The molecule has 7 heteroatoms. The molecule has 0 aromatic carbocycles. The number of carbonyl (C=O) groups excluding carboxylic acids is 2. The Morgan fingerprint density at radius 2 is 2.18 bits per heavy atom. The number of amides is 1. The van der Waals surface area contributed by atoms with Crippen molar-refractivity contribution in [1.29, 1.82) is 0 Å². The number of ether oxygens (including phenoxy) is 1. The van der Waals surface area contributed by atoms with E-state index in [1.165, 1.54) is 6.20 Å². The van der Waals surface area contributed by atoms with Gasteiger partial charge in [0.1, 0.15) is 11.3 Å². The van der Waals surface area contributed by atoms with E-state index in [0.717, 1.165) is 5.57 Å². The molecule has 2 N–H and O–H groups in total. The van der Waals surface area contributed by atoms with Gasteiger partial charge < -0.3 is 15.4 Å². The Kier molecular flexibility index (Phi) is 4.44. The van der Waals surface area contributed by atoms with E-state index in [1.54, 1.807) is 4.90 Å². The molecule has 0 atom stereocenters. The van der Waals surface area contributed by atoms with Crippen LogP contribution in [0, 0.1) is 0 Å². The maximum atomic E-state index is 12.1. The van der Waals surface area contributed by atoms with Crippen LogP contribution in [0.25, 0.3) is 5.57 Å². The first-order chi connectivity index (χ1) is 10.3. The molecular weight excluding hydrogens is 284 g/mol. The first-order valence-electron chi connectivity index (χ1n) is 7.05. The molecule has 2 heterocycles. The third-order valence-electron chi connectivity index (χ3n) is 3.07. The molecule has 1 aromatic rings. The van der Waals surface area contributed by atoms with Crippen LogP contribution in [-0.4, -0.2) is 45.9 Å². The van der Waals surface area contributed by atoms with Crippen molar-refractivity contribution in [3.05, 3.63) is 23.7 Å². The molecular formula is C15H20N4O3. The van der Waals surface area contributed by atoms with Crippen LogP contribution in [0.5, 0.6) is 0 Å². The third kappa shape index (κ3) is 3.81. The fourth-order valence-electron chi connectivity index (χ4n) is 2.07. The van der Waals surface area contributed by atoms with Crippen LogP contribution in [-0.2, 0) is 4.74 Å². The number of hydrogen-bond donors (Lipinski definition) is 1. The zero-order valence-corrected chi connectivity index (χ0v) is 13.0. The molecule has 2 rings (SSSR count). The van der Waals surface area contributed by atoms with E-state index in [1.807, 2.05) is 26.8 Å². The number of aldehydes is 1. The highest BCUT2D eigenvalue weighted by Gasteiger charge is 2.25. The normalized spacial score (nSPS) is 15.2. The summed E-state index contributed by atoms with van der Waals surface area (Å²) in [6, 6.07) is 0. The third-order valence-corrected chi connectivity index (χ3v) is 3.07. The summed E-state index contributed by atoms with van der Waals surface area (Å²) in [5.74, 6) is 0.0859. The van der Waals surface area contributed by atoms with Gasteiger partial charge in [0.05, 0.1) is 18.4 Å². The highest BCUT2D eigenvalue weighted by Crippen LogP contribution is 2.21. The van der Waals surface area contributed by atoms with Crippen LogP contribution in [0.2, 0.25) is 0 Å². The summed E-state index contributed by atoms with van der Waals surface area (Å²) >= 11 is 0. The number of nitrogens with two attached hydrogens (primary N) is 1. The van der Waals surface area contributed by atoms with Crippen LogP contribution in [0.15, 0.2) is 12.3 Å². The summed E-state index contributed by atoms with van der Waals surface area (Å²) in [6.07, 6.45) is 4.39. The van der Waals surface area contributed by atoms with E-state index in [2.05, 4.69) is 9.97 Å². The average Bonchev–Trinajstić information content (AvgIpc) is 2.45. The molecule has 0 bridgehead atoms. The maximum absolute atomic E-state index is 12.1. The van der Waals surface area contributed by atoms with E-state index < -0.39 is 5.60 Å². The summed E-state index contributed by atoms with van der Waals surface area (Å²) in [6.45, 7) is 6.46. The van der Waals surface area contributed by atoms with Gasteiger partial charge in [-0.15, -0.1) is 0 Å². The van der Waals surface area contributed by atoms with Gasteiger partial charge in [-0.2, -0.15) is 0 Å². The summed E-state index contributed by atoms with van der Waals surface area (Å²) < 4.78 is 5.37. The lowest BCUT2D eigenvalue weighted by Gasteiger charge is -2.30. The minimum atomic E-state index is -0.533. The van der Waals surface area contributed by atoms with E-state index in [-0.39, 0.29) is 17.6 Å². The number of carbonyl (C=O) groups is 2. The van der Waals surface area contributed by atoms with Crippen molar-refractivity contribution in [3.8, 4) is 0 Å². The van der Waals surface area contributed by atoms with E-state index in [0.29, 0.717) is 31.5 Å². The van der Waals surface area contributed by atoms with Gasteiger partial charge in [-0.05, 0) is 32.8 Å². The highest BCUT2D eigenvalue weighted by molar-refractivity contribution is 5.80. The van der Waals surface area contributed by atoms with Crippen molar-refractivity contribution in [2.75, 3.05) is 18.8 Å². The molecule has 118 valence electrons. The van der Waals surface area contributed by atoms with Crippen molar-refractivity contribution in [3.63, 3.8) is 0 Å². The van der Waals surface area contributed by atoms with E-state index >= 15 is 0 Å². The van der Waals surface area contributed by atoms with Gasteiger partial charge in [0.25, 0.3) is 0 Å². The second kappa shape index (κ2) is 6.13. The Labute approximate surface area is 129 Å². The summed E-state index contributed by atoms with van der Waals surface area (Å²) in [5, 5.41) is 0. The Bertz CT molecular complexity index is 620. The molecule has 0 aliphatic carbocycles. The zero-order valence-electron chi connectivity index (χ0n) is 13.0. The fraction of sp³-hybridized carbons (Fsp3) is 0.467. The largest absolute Gasteiger partial charge is 0.444 e. The summed E-state index contributed by atoms with van der Waals surface area (Å²) in [7, 11) is 0. The molecule has 0 radical (unpaired) electrons. The SMILES string of the molecule is CC(C)(C)OC(=O)N1CCC=C(c2cnc(C=O)c(N)n2)C1. The van der Waals surface area contributed by atoms with Crippen molar-refractivity contribution in [2.45, 2.75) is 32.8 Å². The van der Waals surface area contributed by atoms with Crippen LogP contribution >= 0.6 is 0 Å². The van der Waals surface area contributed by atoms with Gasteiger partial charge in [0.2, 0.25) is 0 Å².